The lowest BCUT2D eigenvalue weighted by Crippen LogP contribution is -3.00. The van der Waals surface area contributed by atoms with Crippen LogP contribution in [0.4, 0.5) is 5.69 Å². The van der Waals surface area contributed by atoms with Gasteiger partial charge < -0.3 is 22.5 Å². The van der Waals surface area contributed by atoms with Crippen molar-refractivity contribution >= 4 is 28.9 Å². The van der Waals surface area contributed by atoms with Crippen molar-refractivity contribution in [2.24, 2.45) is 4.99 Å². The lowest BCUT2D eigenvalue weighted by Gasteiger charge is -2.27. The molecule has 0 spiro atoms. The van der Waals surface area contributed by atoms with E-state index < -0.39 is 0 Å². The monoisotopic (exact) mass is 350 g/mol. The Morgan fingerprint density at radius 3 is 2.74 bits per heavy atom. The molecule has 1 N–H and O–H groups in total. The molecule has 122 valence electrons. The Labute approximate surface area is 145 Å². The Kier molecular flexibility index (Phi) is 6.01. The summed E-state index contributed by atoms with van der Waals surface area (Å²) in [7, 11) is 1.63. The average Bonchev–Trinajstić information content (AvgIpc) is 3.05. The number of methoxy groups -OCH3 is 1. The van der Waals surface area contributed by atoms with Gasteiger partial charge in [-0.15, -0.1) is 11.3 Å². The van der Waals surface area contributed by atoms with E-state index in [-0.39, 0.29) is 18.3 Å². The first-order valence-corrected chi connectivity index (χ1v) is 7.92. The summed E-state index contributed by atoms with van der Waals surface area (Å²) in [5.74, 6) is 1.50. The maximum atomic E-state index is 12.2. The molecule has 0 fully saturated rings. The number of anilines is 1. The molecule has 0 radical (unpaired) electrons. The van der Waals surface area contributed by atoms with Crippen molar-refractivity contribution in [3.8, 4) is 5.75 Å². The van der Waals surface area contributed by atoms with Gasteiger partial charge in [-0.25, -0.2) is 0 Å². The Balaban J connectivity index is 0.00000192. The summed E-state index contributed by atoms with van der Waals surface area (Å²) in [5, 5.41) is 5.24. The molecule has 1 aromatic heterocycles. The molecule has 2 aromatic rings. The third-order valence-electron chi connectivity index (χ3n) is 3.38. The van der Waals surface area contributed by atoms with Crippen LogP contribution in [0.3, 0.4) is 0 Å². The smallest absolute Gasteiger partial charge is 0.231 e. The minimum atomic E-state index is 0. The Bertz CT molecular complexity index is 671. The molecule has 0 atom stereocenters. The fourth-order valence-electron chi connectivity index (χ4n) is 2.23. The van der Waals surface area contributed by atoms with Gasteiger partial charge >= 0.3 is 0 Å². The average molecular weight is 351 g/mol. The molecule has 0 saturated heterocycles. The van der Waals surface area contributed by atoms with E-state index in [2.05, 4.69) is 10.3 Å². The molecule has 2 heterocycles. The SMILES string of the molecule is COc1ccc(NC2=NCCC(=O)N2Cc2cccs2)cc1.[Cl-]. The van der Waals surface area contributed by atoms with E-state index in [1.165, 1.54) is 0 Å². The fraction of sp³-hybridized carbons (Fsp3) is 0.250. The molecule has 1 aliphatic rings. The highest BCUT2D eigenvalue weighted by Gasteiger charge is 2.23. The van der Waals surface area contributed by atoms with Crippen molar-refractivity contribution in [1.82, 2.24) is 4.90 Å². The fourth-order valence-corrected chi connectivity index (χ4v) is 2.92. The number of thiophene rings is 1. The van der Waals surface area contributed by atoms with E-state index in [9.17, 15) is 4.79 Å². The zero-order valence-electron chi connectivity index (χ0n) is 12.7. The van der Waals surface area contributed by atoms with Gasteiger partial charge in [0, 0.05) is 17.0 Å². The summed E-state index contributed by atoms with van der Waals surface area (Å²) in [5.41, 5.74) is 0.880. The second kappa shape index (κ2) is 7.99. The number of nitrogens with zero attached hydrogens (tertiary/aromatic N) is 2. The molecule has 23 heavy (non-hydrogen) atoms. The van der Waals surface area contributed by atoms with Gasteiger partial charge in [-0.2, -0.15) is 0 Å². The molecular weight excluding hydrogens is 334 g/mol. The number of aliphatic imine (C=N–C) groups is 1. The van der Waals surface area contributed by atoms with Gasteiger partial charge in [0.05, 0.1) is 20.2 Å². The van der Waals surface area contributed by atoms with Crippen LogP contribution in [0.25, 0.3) is 0 Å². The van der Waals surface area contributed by atoms with Gasteiger partial charge in [-0.1, -0.05) is 6.07 Å². The van der Waals surface area contributed by atoms with Gasteiger partial charge in [0.2, 0.25) is 11.9 Å². The van der Waals surface area contributed by atoms with Crippen LogP contribution in [-0.2, 0) is 11.3 Å². The molecule has 0 unspecified atom stereocenters. The number of halogens is 1. The number of ether oxygens (including phenoxy) is 1. The summed E-state index contributed by atoms with van der Waals surface area (Å²) in [6.07, 6.45) is 0.458. The van der Waals surface area contributed by atoms with Crippen LogP contribution in [-0.4, -0.2) is 30.4 Å². The Morgan fingerprint density at radius 1 is 1.30 bits per heavy atom. The summed E-state index contributed by atoms with van der Waals surface area (Å²) in [6.45, 7) is 1.08. The molecule has 3 rings (SSSR count). The van der Waals surface area contributed by atoms with Crippen molar-refractivity contribution in [3.63, 3.8) is 0 Å². The molecule has 1 aromatic carbocycles. The number of guanidine groups is 1. The quantitative estimate of drug-likeness (QED) is 0.842. The van der Waals surface area contributed by atoms with Crippen LogP contribution in [0.15, 0.2) is 46.8 Å². The number of rotatable bonds is 4. The van der Waals surface area contributed by atoms with Gasteiger partial charge in [-0.3, -0.25) is 14.7 Å². The number of carbonyl (C=O) groups excluding carboxylic acids is 1. The van der Waals surface area contributed by atoms with E-state index in [4.69, 9.17) is 4.74 Å². The lowest BCUT2D eigenvalue weighted by atomic mass is 10.3. The predicted octanol–water partition coefficient (Wildman–Crippen LogP) is -0.0389. The summed E-state index contributed by atoms with van der Waals surface area (Å²) in [6, 6.07) is 11.6. The van der Waals surface area contributed by atoms with Gasteiger partial charge in [-0.05, 0) is 35.7 Å². The minimum absolute atomic E-state index is 0. The lowest BCUT2D eigenvalue weighted by molar-refractivity contribution is -0.128. The number of carbonyl (C=O) groups is 1. The predicted molar refractivity (Wildman–Crippen MR) is 88.4 cm³/mol. The molecule has 1 amide bonds. The van der Waals surface area contributed by atoms with Gasteiger partial charge in [0.15, 0.2) is 0 Å². The molecular formula is C16H17ClN3O2S-. The highest BCUT2D eigenvalue weighted by molar-refractivity contribution is 7.09. The highest BCUT2D eigenvalue weighted by atomic mass is 35.5. The second-order valence-corrected chi connectivity index (χ2v) is 5.90. The van der Waals surface area contributed by atoms with Crippen LogP contribution in [0, 0.1) is 0 Å². The maximum absolute atomic E-state index is 12.2. The number of amides is 1. The summed E-state index contributed by atoms with van der Waals surface area (Å²) in [4.78, 5) is 19.5. The first-order valence-electron chi connectivity index (χ1n) is 7.04. The molecule has 0 saturated carbocycles. The minimum Gasteiger partial charge on any atom is -1.00 e. The zero-order valence-corrected chi connectivity index (χ0v) is 14.2. The van der Waals surface area contributed by atoms with Crippen LogP contribution in [0.5, 0.6) is 5.75 Å². The number of hydrogen-bond acceptors (Lipinski definition) is 5. The third-order valence-corrected chi connectivity index (χ3v) is 4.25. The van der Waals surface area contributed by atoms with Crippen molar-refractivity contribution in [2.45, 2.75) is 13.0 Å². The Morgan fingerprint density at radius 2 is 2.09 bits per heavy atom. The number of benzene rings is 1. The summed E-state index contributed by atoms with van der Waals surface area (Å²) >= 11 is 1.64. The second-order valence-electron chi connectivity index (χ2n) is 4.87. The van der Waals surface area contributed by atoms with Crippen molar-refractivity contribution in [3.05, 3.63) is 46.7 Å². The first-order chi connectivity index (χ1) is 10.8. The largest absolute Gasteiger partial charge is 1.00 e. The Hall–Kier alpha value is -2.05. The van der Waals surface area contributed by atoms with Gasteiger partial charge in [0.25, 0.3) is 0 Å². The number of nitrogens with one attached hydrogen (secondary N) is 1. The van der Waals surface area contributed by atoms with Crippen molar-refractivity contribution < 1.29 is 21.9 Å². The van der Waals surface area contributed by atoms with Crippen LogP contribution < -0.4 is 22.5 Å². The van der Waals surface area contributed by atoms with Gasteiger partial charge in [0.1, 0.15) is 5.75 Å². The molecule has 1 aliphatic heterocycles. The van der Waals surface area contributed by atoms with E-state index in [1.807, 2.05) is 41.8 Å². The maximum Gasteiger partial charge on any atom is 0.231 e. The van der Waals surface area contributed by atoms with E-state index in [1.54, 1.807) is 23.3 Å². The van der Waals surface area contributed by atoms with Crippen molar-refractivity contribution in [2.75, 3.05) is 19.0 Å². The third kappa shape index (κ3) is 4.24. The topological polar surface area (TPSA) is 53.9 Å². The normalized spacial score (nSPS) is 14.0. The highest BCUT2D eigenvalue weighted by Crippen LogP contribution is 2.19. The van der Waals surface area contributed by atoms with Crippen LogP contribution in [0.1, 0.15) is 11.3 Å². The molecule has 7 heteroatoms. The first kappa shape index (κ1) is 17.3. The molecule has 0 aliphatic carbocycles. The van der Waals surface area contributed by atoms with Crippen molar-refractivity contribution in [1.29, 1.82) is 0 Å². The van der Waals surface area contributed by atoms with E-state index in [0.29, 0.717) is 25.5 Å². The number of hydrogen-bond donors (Lipinski definition) is 1. The van der Waals surface area contributed by atoms with E-state index in [0.717, 1.165) is 16.3 Å². The zero-order chi connectivity index (χ0) is 15.4. The van der Waals surface area contributed by atoms with E-state index >= 15 is 0 Å². The van der Waals surface area contributed by atoms with Crippen LogP contribution >= 0.6 is 11.3 Å². The standard InChI is InChI=1S/C16H17N3O2S.ClH/c1-21-13-6-4-12(5-7-13)18-16-17-9-8-15(20)19(16)11-14-3-2-10-22-14;/h2-7,10H,8-9,11H2,1H3,(H,17,18);1H/p-1. The molecule has 5 nitrogen and oxygen atoms in total. The van der Waals surface area contributed by atoms with Crippen LogP contribution in [0.2, 0.25) is 0 Å². The summed E-state index contributed by atoms with van der Waals surface area (Å²) < 4.78 is 5.15. The molecule has 0 bridgehead atoms.